The molecule has 3 aromatic rings. The molecule has 3 N–H and O–H groups in total. The summed E-state index contributed by atoms with van der Waals surface area (Å²) in [5.41, 5.74) is 3.75. The van der Waals surface area contributed by atoms with Gasteiger partial charge in [-0.05, 0) is 12.5 Å². The van der Waals surface area contributed by atoms with Gasteiger partial charge in [0.05, 0.1) is 18.5 Å². The lowest BCUT2D eigenvalue weighted by molar-refractivity contribution is 0.198. The van der Waals surface area contributed by atoms with Gasteiger partial charge in [-0.15, -0.1) is 0 Å². The molecule has 9 nitrogen and oxygen atoms in total. The Hall–Kier alpha value is -2.43. The van der Waals surface area contributed by atoms with Crippen LogP contribution in [0.2, 0.25) is 0 Å². The van der Waals surface area contributed by atoms with Crippen molar-refractivity contribution in [2.45, 2.75) is 6.92 Å². The summed E-state index contributed by atoms with van der Waals surface area (Å²) < 4.78 is 7.50. The number of carbonyl (C=O) groups is 1. The van der Waals surface area contributed by atoms with Crippen LogP contribution < -0.4 is 10.6 Å². The number of hydrogen-bond acceptors (Lipinski definition) is 6. The Morgan fingerprint density at radius 2 is 2.40 bits per heavy atom. The Labute approximate surface area is 152 Å². The minimum absolute atomic E-state index is 0.341. The molecular weight excluding hydrogens is 366 g/mol. The highest BCUT2D eigenvalue weighted by Gasteiger charge is 2.17. The number of nitrogens with zero attached hydrogens (tertiary/aromatic N) is 4. The van der Waals surface area contributed by atoms with Gasteiger partial charge in [0.15, 0.2) is 16.6 Å². The molecule has 3 heterocycles. The zero-order chi connectivity index (χ0) is 17.8. The highest BCUT2D eigenvalue weighted by molar-refractivity contribution is 7.22. The molecule has 0 saturated carbocycles. The molecule has 0 aliphatic carbocycles. The smallest absolute Gasteiger partial charge is 0.321 e. The molecule has 0 unspecified atom stereocenters. The van der Waals surface area contributed by atoms with E-state index in [4.69, 9.17) is 16.3 Å². The fourth-order valence-electron chi connectivity index (χ4n) is 2.14. The number of rotatable bonds is 6. The predicted octanol–water partition coefficient (Wildman–Crippen LogP) is 2.57. The van der Waals surface area contributed by atoms with Crippen LogP contribution in [0.3, 0.4) is 0 Å². The van der Waals surface area contributed by atoms with Crippen molar-refractivity contribution in [1.29, 1.82) is 0 Å². The number of anilines is 1. The maximum Gasteiger partial charge on any atom is 0.321 e. The summed E-state index contributed by atoms with van der Waals surface area (Å²) >= 11 is 7.12. The maximum atomic E-state index is 11.8. The van der Waals surface area contributed by atoms with E-state index in [1.165, 1.54) is 16.9 Å². The zero-order valence-corrected chi connectivity index (χ0v) is 15.1. The fraction of sp³-hybridized carbons (Fsp3) is 0.286. The van der Waals surface area contributed by atoms with Crippen molar-refractivity contribution in [2.24, 2.45) is 0 Å². The lowest BCUT2D eigenvalue weighted by Crippen LogP contribution is -2.31. The van der Waals surface area contributed by atoms with Crippen molar-refractivity contribution in [2.75, 3.05) is 25.6 Å². The topological polar surface area (TPSA) is 110 Å². The summed E-state index contributed by atoms with van der Waals surface area (Å²) in [6.07, 6.45) is 3.36. The summed E-state index contributed by atoms with van der Waals surface area (Å²) in [4.78, 5) is 20.3. The number of aromatic nitrogens is 5. The third kappa shape index (κ3) is 3.65. The number of thiazole rings is 1. The van der Waals surface area contributed by atoms with Crippen LogP contribution >= 0.6 is 22.9 Å². The monoisotopic (exact) mass is 381 g/mol. The number of urea groups is 1. The number of aromatic amines is 1. The molecule has 0 spiro atoms. The second-order valence-corrected chi connectivity index (χ2v) is 6.28. The average molecular weight is 382 g/mol. The number of amides is 2. The van der Waals surface area contributed by atoms with Gasteiger partial charge in [0.1, 0.15) is 11.0 Å². The van der Waals surface area contributed by atoms with E-state index in [0.717, 1.165) is 16.0 Å². The van der Waals surface area contributed by atoms with Crippen LogP contribution in [0.1, 0.15) is 12.6 Å². The van der Waals surface area contributed by atoms with Crippen LogP contribution in [0.25, 0.3) is 21.7 Å². The quantitative estimate of drug-likeness (QED) is 0.568. The van der Waals surface area contributed by atoms with E-state index in [0.29, 0.717) is 29.7 Å². The van der Waals surface area contributed by atoms with Gasteiger partial charge in [0.2, 0.25) is 0 Å². The van der Waals surface area contributed by atoms with Crippen LogP contribution in [0, 0.1) is 0 Å². The van der Waals surface area contributed by atoms with Gasteiger partial charge >= 0.3 is 6.03 Å². The Balaban J connectivity index is 1.84. The molecule has 0 aliphatic rings. The van der Waals surface area contributed by atoms with Crippen molar-refractivity contribution in [3.63, 3.8) is 0 Å². The molecule has 132 valence electrons. The zero-order valence-electron chi connectivity index (χ0n) is 13.5. The van der Waals surface area contributed by atoms with Crippen molar-refractivity contribution in [3.05, 3.63) is 23.8 Å². The number of imidazole rings is 1. The number of ether oxygens (including phenoxy) is 1. The molecule has 2 amide bonds. The second kappa shape index (κ2) is 7.64. The van der Waals surface area contributed by atoms with Gasteiger partial charge in [-0.3, -0.25) is 15.0 Å². The van der Waals surface area contributed by atoms with Crippen LogP contribution in [-0.2, 0) is 4.74 Å². The van der Waals surface area contributed by atoms with E-state index in [9.17, 15) is 4.79 Å². The van der Waals surface area contributed by atoms with Crippen LogP contribution in [0.5, 0.6) is 0 Å². The molecule has 0 bridgehead atoms. The van der Waals surface area contributed by atoms with E-state index in [2.05, 4.69) is 30.8 Å². The SMILES string of the molecule is COCCNC(=O)Nc1nc2[nH]nc(-n3cncc3/C(C)=C\Cl)c2s1. The fourth-order valence-corrected chi connectivity index (χ4v) is 3.15. The van der Waals surface area contributed by atoms with Gasteiger partial charge in [-0.25, -0.2) is 14.8 Å². The van der Waals surface area contributed by atoms with Crippen molar-refractivity contribution >= 4 is 50.0 Å². The van der Waals surface area contributed by atoms with Gasteiger partial charge in [-0.1, -0.05) is 22.9 Å². The average Bonchev–Trinajstić information content (AvgIpc) is 3.29. The first-order valence-corrected chi connectivity index (χ1v) is 8.58. The number of fused-ring (bicyclic) bond motifs is 1. The summed E-state index contributed by atoms with van der Waals surface area (Å²) in [7, 11) is 1.57. The Morgan fingerprint density at radius 1 is 1.56 bits per heavy atom. The number of halogens is 1. The number of carbonyl (C=O) groups excluding carboxylic acids is 1. The molecular formula is C14H16ClN7O2S. The molecule has 0 aromatic carbocycles. The summed E-state index contributed by atoms with van der Waals surface area (Å²) in [5, 5.41) is 13.0. The molecule has 25 heavy (non-hydrogen) atoms. The summed E-state index contributed by atoms with van der Waals surface area (Å²) in [5.74, 6) is 0.644. The van der Waals surface area contributed by atoms with E-state index < -0.39 is 0 Å². The normalized spacial score (nSPS) is 11.9. The molecule has 0 atom stereocenters. The predicted molar refractivity (Wildman–Crippen MR) is 97.3 cm³/mol. The number of H-pyrrole nitrogens is 1. The molecule has 3 aromatic heterocycles. The van der Waals surface area contributed by atoms with Gasteiger partial charge < -0.3 is 10.1 Å². The molecule has 0 fully saturated rings. The molecule has 0 aliphatic heterocycles. The Morgan fingerprint density at radius 3 is 3.16 bits per heavy atom. The minimum atomic E-state index is -0.341. The second-order valence-electron chi connectivity index (χ2n) is 5.06. The van der Waals surface area contributed by atoms with Gasteiger partial charge in [-0.2, -0.15) is 5.10 Å². The first-order valence-electron chi connectivity index (χ1n) is 7.32. The first-order chi connectivity index (χ1) is 12.1. The van der Waals surface area contributed by atoms with Gasteiger partial charge in [0.25, 0.3) is 0 Å². The van der Waals surface area contributed by atoms with Gasteiger partial charge in [0, 0.05) is 19.2 Å². The number of allylic oxidation sites excluding steroid dienone is 1. The third-order valence-electron chi connectivity index (χ3n) is 3.34. The maximum absolute atomic E-state index is 11.8. The largest absolute Gasteiger partial charge is 0.383 e. The lowest BCUT2D eigenvalue weighted by Gasteiger charge is -2.04. The Bertz CT molecular complexity index is 913. The molecule has 3 rings (SSSR count). The molecule has 0 saturated heterocycles. The lowest BCUT2D eigenvalue weighted by atomic mass is 10.2. The van der Waals surface area contributed by atoms with Crippen LogP contribution in [0.15, 0.2) is 18.1 Å². The third-order valence-corrected chi connectivity index (χ3v) is 4.64. The molecule has 0 radical (unpaired) electrons. The molecule has 11 heteroatoms. The summed E-state index contributed by atoms with van der Waals surface area (Å²) in [6.45, 7) is 2.74. The first kappa shape index (κ1) is 17.4. The van der Waals surface area contributed by atoms with E-state index >= 15 is 0 Å². The van der Waals surface area contributed by atoms with Crippen molar-refractivity contribution < 1.29 is 9.53 Å². The van der Waals surface area contributed by atoms with Crippen LogP contribution in [0.4, 0.5) is 9.93 Å². The Kier molecular flexibility index (Phi) is 5.31. The number of methoxy groups -OCH3 is 1. The van der Waals surface area contributed by atoms with E-state index in [-0.39, 0.29) is 6.03 Å². The number of nitrogens with one attached hydrogen (secondary N) is 3. The summed E-state index contributed by atoms with van der Waals surface area (Å²) in [6, 6.07) is -0.341. The van der Waals surface area contributed by atoms with Crippen molar-refractivity contribution in [3.8, 4) is 5.82 Å². The van der Waals surface area contributed by atoms with E-state index in [1.807, 2.05) is 11.5 Å². The standard InChI is InChI=1S/C14H16ClN7O2S/c1-8(5-15)9-6-16-7-22(9)12-10-11(20-21-12)18-14(25-10)19-13(23)17-3-4-24-2/h5-7H,3-4H2,1-2H3,(H3,17,18,19,20,21,23)/b8-5-. The van der Waals surface area contributed by atoms with Crippen molar-refractivity contribution in [1.82, 2.24) is 30.0 Å². The van der Waals surface area contributed by atoms with Crippen LogP contribution in [-0.4, -0.2) is 51.0 Å². The highest BCUT2D eigenvalue weighted by Crippen LogP contribution is 2.31. The van der Waals surface area contributed by atoms with E-state index in [1.54, 1.807) is 19.6 Å². The number of hydrogen-bond donors (Lipinski definition) is 3. The highest BCUT2D eigenvalue weighted by atomic mass is 35.5. The minimum Gasteiger partial charge on any atom is -0.383 e.